The van der Waals surface area contributed by atoms with Gasteiger partial charge in [0.1, 0.15) is 11.6 Å². The van der Waals surface area contributed by atoms with Crippen molar-refractivity contribution in [3.63, 3.8) is 0 Å². The highest BCUT2D eigenvalue weighted by Crippen LogP contribution is 2.37. The van der Waals surface area contributed by atoms with Gasteiger partial charge < -0.3 is 11.1 Å². The van der Waals surface area contributed by atoms with Crippen molar-refractivity contribution in [1.29, 1.82) is 0 Å². The summed E-state index contributed by atoms with van der Waals surface area (Å²) in [6, 6.07) is 3.40. The highest BCUT2D eigenvalue weighted by atomic mass is 35.5. The fraction of sp³-hybridized carbons (Fsp3) is 0.533. The van der Waals surface area contributed by atoms with Gasteiger partial charge in [-0.1, -0.05) is 12.8 Å². The molecule has 0 aromatic heterocycles. The second-order valence-corrected chi connectivity index (χ2v) is 5.48. The van der Waals surface area contributed by atoms with Crippen LogP contribution in [0, 0.1) is 17.0 Å². The molecule has 3 N–H and O–H groups in total. The van der Waals surface area contributed by atoms with Crippen LogP contribution >= 0.6 is 12.4 Å². The predicted molar refractivity (Wildman–Crippen MR) is 80.3 cm³/mol. The maximum Gasteiger partial charge on any atom is 0.227 e. The van der Waals surface area contributed by atoms with Gasteiger partial charge in [-0.25, -0.2) is 8.78 Å². The fourth-order valence-electron chi connectivity index (χ4n) is 2.84. The minimum Gasteiger partial charge on any atom is -0.355 e. The van der Waals surface area contributed by atoms with Gasteiger partial charge in [-0.15, -0.1) is 12.4 Å². The predicted octanol–water partition coefficient (Wildman–Crippen LogP) is 2.56. The average Bonchev–Trinajstić information content (AvgIpc) is 2.87. The largest absolute Gasteiger partial charge is 0.355 e. The number of hydrogen-bond donors (Lipinski definition) is 2. The number of benzene rings is 1. The first kappa shape index (κ1) is 17.9. The molecular formula is C15H21ClF2N2O. The Morgan fingerprint density at radius 3 is 2.29 bits per heavy atom. The van der Waals surface area contributed by atoms with E-state index in [9.17, 15) is 13.6 Å². The minimum absolute atomic E-state index is 0. The summed E-state index contributed by atoms with van der Waals surface area (Å²) >= 11 is 0. The van der Waals surface area contributed by atoms with Crippen LogP contribution in [0.2, 0.25) is 0 Å². The standard InChI is InChI=1S/C15H20F2N2O.ClH/c16-12-7-11(8-13(17)9-12)3-6-19-14(20)15(10-18)4-1-2-5-15;/h7-9H,1-6,10,18H2,(H,19,20);1H. The van der Waals surface area contributed by atoms with Gasteiger partial charge in [0.05, 0.1) is 5.41 Å². The highest BCUT2D eigenvalue weighted by Gasteiger charge is 2.39. The molecule has 0 saturated heterocycles. The summed E-state index contributed by atoms with van der Waals surface area (Å²) in [5, 5.41) is 2.84. The molecule has 0 aliphatic heterocycles. The minimum atomic E-state index is -0.597. The van der Waals surface area contributed by atoms with Crippen molar-refractivity contribution in [3.05, 3.63) is 35.4 Å². The number of carbonyl (C=O) groups excluding carboxylic acids is 1. The van der Waals surface area contributed by atoms with Crippen molar-refractivity contribution < 1.29 is 13.6 Å². The van der Waals surface area contributed by atoms with Crippen LogP contribution in [0.3, 0.4) is 0 Å². The molecule has 1 saturated carbocycles. The molecule has 2 rings (SSSR count). The topological polar surface area (TPSA) is 55.1 Å². The van der Waals surface area contributed by atoms with E-state index >= 15 is 0 Å². The van der Waals surface area contributed by atoms with E-state index in [1.54, 1.807) is 0 Å². The maximum absolute atomic E-state index is 13.0. The summed E-state index contributed by atoms with van der Waals surface area (Å²) in [4.78, 5) is 12.2. The molecule has 3 nitrogen and oxygen atoms in total. The summed E-state index contributed by atoms with van der Waals surface area (Å²) in [6.07, 6.45) is 4.11. The molecule has 1 aromatic carbocycles. The van der Waals surface area contributed by atoms with Crippen LogP contribution in [-0.2, 0) is 11.2 Å². The van der Waals surface area contributed by atoms with Crippen LogP contribution in [0.4, 0.5) is 8.78 Å². The van der Waals surface area contributed by atoms with E-state index in [-0.39, 0.29) is 18.3 Å². The first-order valence-electron chi connectivity index (χ1n) is 6.99. The van der Waals surface area contributed by atoms with Crippen LogP contribution in [0.5, 0.6) is 0 Å². The van der Waals surface area contributed by atoms with Crippen molar-refractivity contribution in [2.45, 2.75) is 32.1 Å². The molecule has 0 radical (unpaired) electrons. The summed E-state index contributed by atoms with van der Waals surface area (Å²) in [7, 11) is 0. The Balaban J connectivity index is 0.00000220. The normalized spacial score (nSPS) is 16.3. The average molecular weight is 319 g/mol. The van der Waals surface area contributed by atoms with E-state index in [4.69, 9.17) is 5.73 Å². The Hall–Kier alpha value is -1.20. The van der Waals surface area contributed by atoms with Crippen molar-refractivity contribution in [1.82, 2.24) is 5.32 Å². The molecule has 1 aromatic rings. The number of halogens is 3. The third-order valence-electron chi connectivity index (χ3n) is 4.05. The van der Waals surface area contributed by atoms with Crippen molar-refractivity contribution in [3.8, 4) is 0 Å². The summed E-state index contributed by atoms with van der Waals surface area (Å²) in [6.45, 7) is 0.719. The van der Waals surface area contributed by atoms with Gasteiger partial charge in [0.25, 0.3) is 0 Å². The number of amides is 1. The van der Waals surface area contributed by atoms with Gasteiger partial charge in [-0.05, 0) is 37.0 Å². The Bertz CT molecular complexity index is 470. The molecule has 1 fully saturated rings. The van der Waals surface area contributed by atoms with Gasteiger partial charge in [0.2, 0.25) is 5.91 Å². The SMILES string of the molecule is Cl.NCC1(C(=O)NCCc2cc(F)cc(F)c2)CCCC1. The van der Waals surface area contributed by atoms with Crippen LogP contribution in [0.25, 0.3) is 0 Å². The zero-order valence-corrected chi connectivity index (χ0v) is 12.6. The third kappa shape index (κ3) is 4.38. The lowest BCUT2D eigenvalue weighted by Crippen LogP contribution is -2.44. The maximum atomic E-state index is 13.0. The first-order valence-corrected chi connectivity index (χ1v) is 6.99. The van der Waals surface area contributed by atoms with Gasteiger partial charge >= 0.3 is 0 Å². The number of nitrogens with one attached hydrogen (secondary N) is 1. The lowest BCUT2D eigenvalue weighted by atomic mass is 9.85. The third-order valence-corrected chi connectivity index (χ3v) is 4.05. The highest BCUT2D eigenvalue weighted by molar-refractivity contribution is 5.85. The number of carbonyl (C=O) groups is 1. The van der Waals surface area contributed by atoms with Gasteiger partial charge in [-0.2, -0.15) is 0 Å². The Morgan fingerprint density at radius 1 is 1.19 bits per heavy atom. The van der Waals surface area contributed by atoms with E-state index in [1.165, 1.54) is 12.1 Å². The lowest BCUT2D eigenvalue weighted by molar-refractivity contribution is -0.130. The molecule has 6 heteroatoms. The number of hydrogen-bond acceptors (Lipinski definition) is 2. The molecule has 0 spiro atoms. The van der Waals surface area contributed by atoms with Gasteiger partial charge in [0, 0.05) is 19.2 Å². The Labute approximate surface area is 129 Å². The second kappa shape index (κ2) is 7.71. The Morgan fingerprint density at radius 2 is 1.76 bits per heavy atom. The monoisotopic (exact) mass is 318 g/mol. The molecule has 1 amide bonds. The molecule has 0 heterocycles. The molecule has 0 unspecified atom stereocenters. The van der Waals surface area contributed by atoms with Gasteiger partial charge in [0.15, 0.2) is 0 Å². The molecule has 1 aliphatic carbocycles. The van der Waals surface area contributed by atoms with Crippen molar-refractivity contribution in [2.24, 2.45) is 11.1 Å². The number of rotatable bonds is 5. The van der Waals surface area contributed by atoms with Crippen LogP contribution in [-0.4, -0.2) is 19.0 Å². The molecule has 0 atom stereocenters. The first-order chi connectivity index (χ1) is 9.55. The number of nitrogens with two attached hydrogens (primary N) is 1. The smallest absolute Gasteiger partial charge is 0.227 e. The van der Waals surface area contributed by atoms with E-state index < -0.39 is 17.0 Å². The molecule has 118 valence electrons. The zero-order chi connectivity index (χ0) is 14.6. The lowest BCUT2D eigenvalue weighted by Gasteiger charge is -2.25. The Kier molecular flexibility index (Phi) is 6.55. The van der Waals surface area contributed by atoms with E-state index in [1.807, 2.05) is 0 Å². The van der Waals surface area contributed by atoms with Crippen LogP contribution < -0.4 is 11.1 Å². The fourth-order valence-corrected chi connectivity index (χ4v) is 2.84. The van der Waals surface area contributed by atoms with Crippen LogP contribution in [0.1, 0.15) is 31.2 Å². The molecule has 1 aliphatic rings. The van der Waals surface area contributed by atoms with Crippen LogP contribution in [0.15, 0.2) is 18.2 Å². The zero-order valence-electron chi connectivity index (χ0n) is 11.8. The summed E-state index contributed by atoms with van der Waals surface area (Å²) < 4.78 is 26.1. The summed E-state index contributed by atoms with van der Waals surface area (Å²) in [5.74, 6) is -1.23. The summed E-state index contributed by atoms with van der Waals surface area (Å²) in [5.41, 5.74) is 5.83. The van der Waals surface area contributed by atoms with Gasteiger partial charge in [-0.3, -0.25) is 4.79 Å². The second-order valence-electron chi connectivity index (χ2n) is 5.48. The van der Waals surface area contributed by atoms with Crippen molar-refractivity contribution in [2.75, 3.05) is 13.1 Å². The molecule has 0 bridgehead atoms. The van der Waals surface area contributed by atoms with E-state index in [2.05, 4.69) is 5.32 Å². The molecular weight excluding hydrogens is 298 g/mol. The van der Waals surface area contributed by atoms with Crippen molar-refractivity contribution >= 4 is 18.3 Å². The van der Waals surface area contributed by atoms with E-state index in [0.29, 0.717) is 25.1 Å². The quantitative estimate of drug-likeness (QED) is 0.876. The molecule has 21 heavy (non-hydrogen) atoms. The van der Waals surface area contributed by atoms with E-state index in [0.717, 1.165) is 31.7 Å².